The van der Waals surface area contributed by atoms with Crippen molar-refractivity contribution in [3.05, 3.63) is 106 Å². The average Bonchev–Trinajstić information content (AvgIpc) is 2.88. The van der Waals surface area contributed by atoms with Crippen LogP contribution < -0.4 is 5.63 Å². The van der Waals surface area contributed by atoms with E-state index in [0.29, 0.717) is 17.4 Å². The van der Waals surface area contributed by atoms with E-state index in [1.165, 1.54) is 11.6 Å². The highest BCUT2D eigenvalue weighted by atomic mass is 32.2. The summed E-state index contributed by atoms with van der Waals surface area (Å²) in [4.78, 5) is 30.6. The molecule has 0 atom stereocenters. The number of thioether (sulfide) groups is 1. The molecule has 174 valence electrons. The summed E-state index contributed by atoms with van der Waals surface area (Å²) in [6.45, 7) is 2.30. The molecule has 5 aromatic rings. The largest absolute Gasteiger partial charge is 0.462 e. The number of ether oxygens (including phenoxy) is 1. The lowest BCUT2D eigenvalue weighted by atomic mass is 10.0. The highest BCUT2D eigenvalue weighted by molar-refractivity contribution is 7.99. The van der Waals surface area contributed by atoms with E-state index in [0.717, 1.165) is 32.8 Å². The number of esters is 1. The van der Waals surface area contributed by atoms with E-state index in [1.807, 2.05) is 36.4 Å². The molecule has 0 radical (unpaired) electrons. The molecule has 0 fully saturated rings. The number of benzene rings is 3. The number of aryl methyl sites for hydroxylation is 1. The van der Waals surface area contributed by atoms with Crippen molar-refractivity contribution in [3.8, 4) is 11.3 Å². The first-order valence-electron chi connectivity index (χ1n) is 11.4. The molecule has 2 aromatic heterocycles. The van der Waals surface area contributed by atoms with Gasteiger partial charge in [0.25, 0.3) is 0 Å². The van der Waals surface area contributed by atoms with Gasteiger partial charge in [0.2, 0.25) is 0 Å². The maximum atomic E-state index is 12.5. The van der Waals surface area contributed by atoms with Crippen LogP contribution in [0.3, 0.4) is 0 Å². The quantitative estimate of drug-likeness (QED) is 0.112. The normalized spacial score (nSPS) is 11.1. The molecule has 6 heteroatoms. The fourth-order valence-corrected chi connectivity index (χ4v) is 4.95. The number of para-hydroxylation sites is 2. The third-order valence-corrected chi connectivity index (χ3v) is 6.88. The number of pyridine rings is 1. The molecule has 0 aliphatic heterocycles. The first-order chi connectivity index (χ1) is 17.1. The van der Waals surface area contributed by atoms with Crippen molar-refractivity contribution >= 4 is 39.6 Å². The van der Waals surface area contributed by atoms with Crippen molar-refractivity contribution in [1.29, 1.82) is 0 Å². The van der Waals surface area contributed by atoms with Crippen molar-refractivity contribution in [2.75, 3.05) is 12.4 Å². The SMILES string of the molecule is Cc1ccccc1-c1cc(SCCCOC(=O)c2cc3ccccc3oc2=O)c2ccccc2n1. The first kappa shape index (κ1) is 22.9. The smallest absolute Gasteiger partial charge is 0.351 e. The molecule has 0 saturated heterocycles. The van der Waals surface area contributed by atoms with Crippen LogP contribution in [0.25, 0.3) is 33.1 Å². The Labute approximate surface area is 206 Å². The molecule has 2 heterocycles. The van der Waals surface area contributed by atoms with E-state index >= 15 is 0 Å². The number of rotatable bonds is 7. The molecule has 5 nitrogen and oxygen atoms in total. The van der Waals surface area contributed by atoms with Gasteiger partial charge in [0.05, 0.1) is 17.8 Å². The number of hydrogen-bond acceptors (Lipinski definition) is 6. The van der Waals surface area contributed by atoms with Gasteiger partial charge in [0.15, 0.2) is 0 Å². The number of nitrogens with zero attached hydrogens (tertiary/aromatic N) is 1. The third-order valence-electron chi connectivity index (χ3n) is 5.74. The van der Waals surface area contributed by atoms with Crippen LogP contribution in [0.1, 0.15) is 22.3 Å². The average molecular weight is 482 g/mol. The molecule has 0 N–H and O–H groups in total. The highest BCUT2D eigenvalue weighted by Gasteiger charge is 2.15. The second-order valence-corrected chi connectivity index (χ2v) is 9.30. The van der Waals surface area contributed by atoms with E-state index in [-0.39, 0.29) is 12.2 Å². The van der Waals surface area contributed by atoms with Crippen LogP contribution in [0.15, 0.2) is 99.0 Å². The lowest BCUT2D eigenvalue weighted by molar-refractivity contribution is 0.0501. The minimum atomic E-state index is -0.685. The second-order valence-electron chi connectivity index (χ2n) is 8.16. The van der Waals surface area contributed by atoms with Crippen LogP contribution in [0.5, 0.6) is 0 Å². The number of carbonyl (C=O) groups excluding carboxylic acids is 1. The summed E-state index contributed by atoms with van der Waals surface area (Å²) in [5.41, 5.74) is 3.86. The van der Waals surface area contributed by atoms with Crippen LogP contribution in [-0.4, -0.2) is 23.3 Å². The third kappa shape index (κ3) is 4.98. The summed E-state index contributed by atoms with van der Waals surface area (Å²) in [5.74, 6) is 0.0894. The van der Waals surface area contributed by atoms with Crippen LogP contribution in [-0.2, 0) is 4.74 Å². The Morgan fingerprint density at radius 2 is 1.74 bits per heavy atom. The Bertz CT molecular complexity index is 1590. The maximum absolute atomic E-state index is 12.5. The minimum absolute atomic E-state index is 0.0839. The van der Waals surface area contributed by atoms with Gasteiger partial charge in [-0.3, -0.25) is 0 Å². The van der Waals surface area contributed by atoms with Gasteiger partial charge in [-0.25, -0.2) is 14.6 Å². The number of fused-ring (bicyclic) bond motifs is 2. The van der Waals surface area contributed by atoms with Gasteiger partial charge in [-0.05, 0) is 43.2 Å². The van der Waals surface area contributed by atoms with Gasteiger partial charge in [-0.2, -0.15) is 0 Å². The maximum Gasteiger partial charge on any atom is 0.351 e. The molecule has 0 bridgehead atoms. The molecule has 0 amide bonds. The predicted octanol–water partition coefficient (Wildman–Crippen LogP) is 6.66. The lowest BCUT2D eigenvalue weighted by Crippen LogP contribution is -2.17. The van der Waals surface area contributed by atoms with Crippen LogP contribution in [0.4, 0.5) is 0 Å². The summed E-state index contributed by atoms with van der Waals surface area (Å²) in [7, 11) is 0. The monoisotopic (exact) mass is 481 g/mol. The van der Waals surface area contributed by atoms with Crippen molar-refractivity contribution in [1.82, 2.24) is 4.98 Å². The number of aromatic nitrogens is 1. The van der Waals surface area contributed by atoms with Gasteiger partial charge in [-0.15, -0.1) is 11.8 Å². The number of hydrogen-bond donors (Lipinski definition) is 0. The molecule has 35 heavy (non-hydrogen) atoms. The molecular weight excluding hydrogens is 458 g/mol. The predicted molar refractivity (Wildman–Crippen MR) is 140 cm³/mol. The van der Waals surface area contributed by atoms with Crippen LogP contribution in [0.2, 0.25) is 0 Å². The Morgan fingerprint density at radius 3 is 2.63 bits per heavy atom. The Hall–Kier alpha value is -3.90. The van der Waals surface area contributed by atoms with Gasteiger partial charge in [-0.1, -0.05) is 60.7 Å². The Kier molecular flexibility index (Phi) is 6.64. The van der Waals surface area contributed by atoms with Gasteiger partial charge in [0.1, 0.15) is 11.1 Å². The summed E-state index contributed by atoms with van der Waals surface area (Å²) >= 11 is 1.71. The summed E-state index contributed by atoms with van der Waals surface area (Å²) in [5, 5.41) is 1.78. The molecule has 0 aliphatic rings. The zero-order chi connectivity index (χ0) is 24.2. The first-order valence-corrected chi connectivity index (χ1v) is 12.4. The fraction of sp³-hybridized carbons (Fsp3) is 0.138. The molecule has 0 unspecified atom stereocenters. The summed E-state index contributed by atoms with van der Waals surface area (Å²) < 4.78 is 10.6. The zero-order valence-electron chi connectivity index (χ0n) is 19.2. The van der Waals surface area contributed by atoms with E-state index in [4.69, 9.17) is 14.1 Å². The van der Waals surface area contributed by atoms with E-state index in [9.17, 15) is 9.59 Å². The second kappa shape index (κ2) is 10.2. The molecule has 0 saturated carbocycles. The topological polar surface area (TPSA) is 69.4 Å². The van der Waals surface area contributed by atoms with Crippen molar-refractivity contribution < 1.29 is 13.9 Å². The zero-order valence-corrected chi connectivity index (χ0v) is 20.0. The van der Waals surface area contributed by atoms with E-state index < -0.39 is 11.6 Å². The molecule has 0 spiro atoms. The molecule has 3 aromatic carbocycles. The summed E-state index contributed by atoms with van der Waals surface area (Å²) in [6, 6.07) is 27.1. The van der Waals surface area contributed by atoms with E-state index in [2.05, 4.69) is 31.2 Å². The fourth-order valence-electron chi connectivity index (χ4n) is 3.95. The Morgan fingerprint density at radius 1 is 0.971 bits per heavy atom. The summed E-state index contributed by atoms with van der Waals surface area (Å²) in [6.07, 6.45) is 0.645. The number of carbonyl (C=O) groups is 1. The minimum Gasteiger partial charge on any atom is -0.462 e. The Balaban J connectivity index is 1.26. The van der Waals surface area contributed by atoms with Crippen molar-refractivity contribution in [3.63, 3.8) is 0 Å². The molecular formula is C29H23NO4S. The van der Waals surface area contributed by atoms with Gasteiger partial charge < -0.3 is 9.15 Å². The van der Waals surface area contributed by atoms with Crippen LogP contribution >= 0.6 is 11.8 Å². The molecule has 0 aliphatic carbocycles. The highest BCUT2D eigenvalue weighted by Crippen LogP contribution is 2.32. The lowest BCUT2D eigenvalue weighted by Gasteiger charge is -2.11. The van der Waals surface area contributed by atoms with Crippen molar-refractivity contribution in [2.45, 2.75) is 18.2 Å². The standard InChI is InChI=1S/C29H23NO4S/c1-19-9-2-4-11-21(19)25-18-27(22-12-5-6-13-24(22)30-25)35-16-8-15-33-28(31)23-17-20-10-3-7-14-26(20)34-29(23)32/h2-7,9-14,17-18H,8,15-16H2,1H3. The van der Waals surface area contributed by atoms with Crippen LogP contribution in [0, 0.1) is 6.92 Å². The van der Waals surface area contributed by atoms with Gasteiger partial charge in [0, 0.05) is 27.0 Å². The molecule has 5 rings (SSSR count). The van der Waals surface area contributed by atoms with E-state index in [1.54, 1.807) is 30.0 Å². The van der Waals surface area contributed by atoms with Crippen molar-refractivity contribution in [2.24, 2.45) is 0 Å². The van der Waals surface area contributed by atoms with Gasteiger partial charge >= 0.3 is 11.6 Å².